The lowest BCUT2D eigenvalue weighted by Gasteiger charge is -2.25. The van der Waals surface area contributed by atoms with Crippen LogP contribution in [0.5, 0.6) is 0 Å². The van der Waals surface area contributed by atoms with Gasteiger partial charge in [-0.1, -0.05) is 0 Å². The lowest BCUT2D eigenvalue weighted by atomic mass is 10.0. The van der Waals surface area contributed by atoms with Crippen LogP contribution >= 0.6 is 12.4 Å². The molecule has 0 fully saturated rings. The van der Waals surface area contributed by atoms with Crippen molar-refractivity contribution in [2.24, 2.45) is 5.73 Å². The van der Waals surface area contributed by atoms with Crippen LogP contribution in [-0.4, -0.2) is 24.7 Å². The van der Waals surface area contributed by atoms with Crippen LogP contribution < -0.4 is 16.4 Å². The third-order valence-corrected chi connectivity index (χ3v) is 1.56. The predicted molar refractivity (Wildman–Crippen MR) is 57.2 cm³/mol. The maximum absolute atomic E-state index is 11.1. The summed E-state index contributed by atoms with van der Waals surface area (Å²) in [6.07, 6.45) is 0.782. The summed E-state index contributed by atoms with van der Waals surface area (Å²) in [6, 6.07) is -0.129. The Morgan fingerprint density at radius 2 is 2.00 bits per heavy atom. The van der Waals surface area contributed by atoms with E-state index in [9.17, 15) is 4.79 Å². The van der Waals surface area contributed by atoms with Gasteiger partial charge < -0.3 is 16.4 Å². The van der Waals surface area contributed by atoms with Gasteiger partial charge in [-0.25, -0.2) is 4.79 Å². The lowest BCUT2D eigenvalue weighted by molar-refractivity contribution is 0.229. The number of carbonyl (C=O) groups excluding carboxylic acids is 1. The van der Waals surface area contributed by atoms with Gasteiger partial charge in [0.1, 0.15) is 0 Å². The highest BCUT2D eigenvalue weighted by Gasteiger charge is 2.18. The highest BCUT2D eigenvalue weighted by Crippen LogP contribution is 2.05. The van der Waals surface area contributed by atoms with E-state index in [1.54, 1.807) is 0 Å². The van der Waals surface area contributed by atoms with Gasteiger partial charge in [-0.3, -0.25) is 0 Å². The number of hydrogen-bond acceptors (Lipinski definition) is 2. The smallest absolute Gasteiger partial charge is 0.315 e. The second kappa shape index (κ2) is 6.97. The Hall–Kier alpha value is -0.480. The number of hydrogen-bond donors (Lipinski definition) is 3. The van der Waals surface area contributed by atoms with Crippen molar-refractivity contribution >= 4 is 18.4 Å². The van der Waals surface area contributed by atoms with E-state index in [4.69, 9.17) is 5.73 Å². The molecular weight excluding hydrogens is 190 g/mol. The third kappa shape index (κ3) is 7.87. The van der Waals surface area contributed by atoms with Gasteiger partial charge in [0, 0.05) is 12.1 Å². The normalized spacial score (nSPS) is 10.2. The van der Waals surface area contributed by atoms with Crippen LogP contribution in [0.4, 0.5) is 4.79 Å². The summed E-state index contributed by atoms with van der Waals surface area (Å²) in [6.45, 7) is 7.02. The fraction of sp³-hybridized carbons (Fsp3) is 0.875. The van der Waals surface area contributed by atoms with Crippen LogP contribution in [0.25, 0.3) is 0 Å². The molecule has 0 atom stereocenters. The minimum atomic E-state index is -0.214. The second-order valence-electron chi connectivity index (χ2n) is 3.41. The molecule has 5 heteroatoms. The Bertz CT molecular complexity index is 150. The van der Waals surface area contributed by atoms with Crippen molar-refractivity contribution in [3.8, 4) is 0 Å². The summed E-state index contributed by atoms with van der Waals surface area (Å²) in [5.41, 5.74) is 5.18. The van der Waals surface area contributed by atoms with Crippen molar-refractivity contribution < 1.29 is 4.79 Å². The third-order valence-electron chi connectivity index (χ3n) is 1.56. The molecule has 0 unspecified atom stereocenters. The van der Waals surface area contributed by atoms with Crippen LogP contribution in [0.1, 0.15) is 27.2 Å². The largest absolute Gasteiger partial charge is 0.338 e. The van der Waals surface area contributed by atoms with Crippen LogP contribution in [0, 0.1) is 0 Å². The maximum Gasteiger partial charge on any atom is 0.315 e. The average molecular weight is 210 g/mol. The van der Waals surface area contributed by atoms with E-state index >= 15 is 0 Å². The zero-order chi connectivity index (χ0) is 9.61. The van der Waals surface area contributed by atoms with Crippen molar-refractivity contribution in [3.63, 3.8) is 0 Å². The Balaban J connectivity index is 0. The maximum atomic E-state index is 11.1. The number of rotatable bonds is 4. The second-order valence-corrected chi connectivity index (χ2v) is 3.41. The summed E-state index contributed by atoms with van der Waals surface area (Å²) in [7, 11) is 0. The van der Waals surface area contributed by atoms with E-state index in [0.717, 1.165) is 6.42 Å². The monoisotopic (exact) mass is 209 g/mol. The number of amides is 2. The van der Waals surface area contributed by atoms with E-state index in [-0.39, 0.29) is 24.0 Å². The number of nitrogens with two attached hydrogens (primary N) is 1. The number of urea groups is 1. The van der Waals surface area contributed by atoms with Crippen molar-refractivity contribution in [3.05, 3.63) is 0 Å². The lowest BCUT2D eigenvalue weighted by Crippen LogP contribution is -2.49. The van der Waals surface area contributed by atoms with E-state index in [1.165, 1.54) is 0 Å². The van der Waals surface area contributed by atoms with Crippen LogP contribution in [-0.2, 0) is 0 Å². The molecule has 0 rings (SSSR count). The Morgan fingerprint density at radius 1 is 1.46 bits per heavy atom. The molecule has 0 saturated carbocycles. The summed E-state index contributed by atoms with van der Waals surface area (Å²) < 4.78 is 0. The van der Waals surface area contributed by atoms with Crippen LogP contribution in [0.2, 0.25) is 0 Å². The predicted octanol–water partition coefficient (Wildman–Crippen LogP) is 0.855. The molecule has 13 heavy (non-hydrogen) atoms. The average Bonchev–Trinajstić information content (AvgIpc) is 1.85. The van der Waals surface area contributed by atoms with Gasteiger partial charge in [0.2, 0.25) is 0 Å². The quantitative estimate of drug-likeness (QED) is 0.643. The molecule has 0 radical (unpaired) electrons. The minimum absolute atomic E-state index is 0. The summed E-state index contributed by atoms with van der Waals surface area (Å²) in [5.74, 6) is 0. The minimum Gasteiger partial charge on any atom is -0.338 e. The molecule has 80 valence electrons. The van der Waals surface area contributed by atoms with Gasteiger partial charge in [-0.15, -0.1) is 12.4 Å². The Morgan fingerprint density at radius 3 is 2.38 bits per heavy atom. The topological polar surface area (TPSA) is 67.2 Å². The Labute approximate surface area is 86.0 Å². The van der Waals surface area contributed by atoms with Gasteiger partial charge >= 0.3 is 6.03 Å². The molecule has 0 aromatic heterocycles. The highest BCUT2D eigenvalue weighted by atomic mass is 35.5. The molecule has 0 heterocycles. The molecule has 0 aliphatic rings. The molecule has 0 saturated heterocycles. The first-order chi connectivity index (χ1) is 5.52. The zero-order valence-corrected chi connectivity index (χ0v) is 9.33. The molecule has 0 aromatic carbocycles. The van der Waals surface area contributed by atoms with E-state index in [2.05, 4.69) is 10.6 Å². The van der Waals surface area contributed by atoms with Crippen molar-refractivity contribution in [1.29, 1.82) is 0 Å². The first-order valence-corrected chi connectivity index (χ1v) is 4.28. The van der Waals surface area contributed by atoms with Gasteiger partial charge in [-0.05, 0) is 33.7 Å². The molecule has 0 bridgehead atoms. The van der Waals surface area contributed by atoms with E-state index in [0.29, 0.717) is 13.1 Å². The summed E-state index contributed by atoms with van der Waals surface area (Å²) in [4.78, 5) is 11.1. The number of nitrogens with one attached hydrogen (secondary N) is 2. The highest BCUT2D eigenvalue weighted by molar-refractivity contribution is 5.85. The zero-order valence-electron chi connectivity index (χ0n) is 8.52. The fourth-order valence-corrected chi connectivity index (χ4v) is 0.935. The number of halogens is 1. The first-order valence-electron chi connectivity index (χ1n) is 4.28. The molecule has 0 aliphatic carbocycles. The molecular formula is C8H20ClN3O. The van der Waals surface area contributed by atoms with Crippen molar-refractivity contribution in [2.75, 3.05) is 13.1 Å². The molecule has 2 amide bonds. The van der Waals surface area contributed by atoms with Gasteiger partial charge in [-0.2, -0.15) is 0 Å². The van der Waals surface area contributed by atoms with Crippen molar-refractivity contribution in [1.82, 2.24) is 10.6 Å². The molecule has 4 nitrogen and oxygen atoms in total. The summed E-state index contributed by atoms with van der Waals surface area (Å²) >= 11 is 0. The fourth-order valence-electron chi connectivity index (χ4n) is 0.935. The standard InChI is InChI=1S/C8H19N3O.ClH/c1-4-10-7(12)11-8(2,3)5-6-9;/h4-6,9H2,1-3H3,(H2,10,11,12);1H. The molecule has 0 aromatic rings. The Kier molecular flexibility index (Phi) is 8.05. The molecule has 0 spiro atoms. The van der Waals surface area contributed by atoms with Crippen LogP contribution in [0.3, 0.4) is 0 Å². The van der Waals surface area contributed by atoms with E-state index < -0.39 is 0 Å². The van der Waals surface area contributed by atoms with E-state index in [1.807, 2.05) is 20.8 Å². The van der Waals surface area contributed by atoms with Crippen molar-refractivity contribution in [2.45, 2.75) is 32.7 Å². The first kappa shape index (κ1) is 15.0. The number of carbonyl (C=O) groups is 1. The van der Waals surface area contributed by atoms with Gasteiger partial charge in [0.25, 0.3) is 0 Å². The summed E-state index contributed by atoms with van der Waals surface area (Å²) in [5, 5.41) is 5.50. The van der Waals surface area contributed by atoms with Gasteiger partial charge in [0.15, 0.2) is 0 Å². The molecule has 0 aliphatic heterocycles. The van der Waals surface area contributed by atoms with Gasteiger partial charge in [0.05, 0.1) is 0 Å². The molecule has 4 N–H and O–H groups in total. The van der Waals surface area contributed by atoms with Crippen LogP contribution in [0.15, 0.2) is 0 Å². The SMILES string of the molecule is CCNC(=O)NC(C)(C)CCN.Cl.